The molecule has 0 fully saturated rings. The zero-order valence-corrected chi connectivity index (χ0v) is 17.5. The molecule has 2 rings (SSSR count). The Hall–Kier alpha value is -2.85. The van der Waals surface area contributed by atoms with Crippen LogP contribution in [-0.2, 0) is 31.0 Å². The molecule has 1 amide bonds. The molecule has 0 saturated heterocycles. The van der Waals surface area contributed by atoms with Crippen molar-refractivity contribution in [3.8, 4) is 5.75 Å². The molecule has 0 aliphatic heterocycles. The Morgan fingerprint density at radius 2 is 1.79 bits per heavy atom. The summed E-state index contributed by atoms with van der Waals surface area (Å²) in [4.78, 5) is 23.7. The second-order valence-electron chi connectivity index (χ2n) is 6.40. The summed E-state index contributed by atoms with van der Waals surface area (Å²) in [5.74, 6) is -0.0188. The molecule has 10 heteroatoms. The van der Waals surface area contributed by atoms with Gasteiger partial charge in [0.1, 0.15) is 18.1 Å². The third-order valence-corrected chi connectivity index (χ3v) is 5.70. The molecule has 1 heterocycles. The number of amides is 1. The molecule has 0 bridgehead atoms. The smallest absolute Gasteiger partial charge is 0.308 e. The Kier molecular flexibility index (Phi) is 7.40. The van der Waals surface area contributed by atoms with E-state index in [0.29, 0.717) is 5.75 Å². The molecule has 0 spiro atoms. The van der Waals surface area contributed by atoms with Gasteiger partial charge < -0.3 is 19.2 Å². The largest absolute Gasteiger partial charge is 0.497 e. The lowest BCUT2D eigenvalue weighted by Gasteiger charge is -2.18. The number of furan rings is 1. The van der Waals surface area contributed by atoms with Crippen LogP contribution in [0, 0.1) is 0 Å². The van der Waals surface area contributed by atoms with Crippen LogP contribution in [0.15, 0.2) is 45.9 Å². The molecular weight excluding hydrogens is 400 g/mol. The second-order valence-corrected chi connectivity index (χ2v) is 8.48. The van der Waals surface area contributed by atoms with Gasteiger partial charge in [-0.05, 0) is 29.8 Å². The Morgan fingerprint density at radius 1 is 1.14 bits per heavy atom. The molecule has 9 nitrogen and oxygen atoms in total. The molecule has 29 heavy (non-hydrogen) atoms. The Bertz CT molecular complexity index is 949. The van der Waals surface area contributed by atoms with Gasteiger partial charge in [0.05, 0.1) is 19.6 Å². The summed E-state index contributed by atoms with van der Waals surface area (Å²) in [5.41, 5.74) is 0.718. The number of esters is 1. The monoisotopic (exact) mass is 424 g/mol. The summed E-state index contributed by atoms with van der Waals surface area (Å²) in [7, 11) is 0.618. The van der Waals surface area contributed by atoms with Gasteiger partial charge in [-0.2, -0.15) is 0 Å². The van der Waals surface area contributed by atoms with Crippen molar-refractivity contribution >= 4 is 21.9 Å². The number of ether oxygens (including phenoxy) is 2. The van der Waals surface area contributed by atoms with Gasteiger partial charge in [-0.1, -0.05) is 12.1 Å². The van der Waals surface area contributed by atoms with Crippen LogP contribution in [0.4, 0.5) is 0 Å². The van der Waals surface area contributed by atoms with Crippen molar-refractivity contribution in [2.45, 2.75) is 31.1 Å². The number of hydrogen-bond acceptors (Lipinski definition) is 7. The van der Waals surface area contributed by atoms with E-state index in [0.717, 1.165) is 9.87 Å². The minimum absolute atomic E-state index is 0.102. The van der Waals surface area contributed by atoms with Crippen LogP contribution < -0.4 is 10.1 Å². The van der Waals surface area contributed by atoms with Crippen molar-refractivity contribution in [2.75, 3.05) is 21.2 Å². The lowest BCUT2D eigenvalue weighted by molar-refractivity contribution is -0.146. The van der Waals surface area contributed by atoms with Crippen LogP contribution in [0.25, 0.3) is 0 Å². The van der Waals surface area contributed by atoms with Crippen LogP contribution in [0.2, 0.25) is 0 Å². The van der Waals surface area contributed by atoms with Crippen LogP contribution in [-0.4, -0.2) is 45.8 Å². The third-order valence-electron chi connectivity index (χ3n) is 4.01. The number of sulfonamides is 1. The van der Waals surface area contributed by atoms with Gasteiger partial charge in [0.25, 0.3) is 10.0 Å². The summed E-state index contributed by atoms with van der Waals surface area (Å²) in [6, 6.07) is 9.10. The highest BCUT2D eigenvalue weighted by molar-refractivity contribution is 7.88. The van der Waals surface area contributed by atoms with Gasteiger partial charge in [-0.25, -0.2) is 12.7 Å². The molecule has 0 radical (unpaired) electrons. The maximum atomic E-state index is 12.3. The number of methoxy groups -OCH3 is 1. The van der Waals surface area contributed by atoms with Crippen molar-refractivity contribution in [3.63, 3.8) is 0 Å². The van der Waals surface area contributed by atoms with E-state index in [-0.39, 0.29) is 29.8 Å². The molecule has 2 aromatic rings. The van der Waals surface area contributed by atoms with E-state index in [4.69, 9.17) is 13.9 Å². The first-order valence-electron chi connectivity index (χ1n) is 8.71. The summed E-state index contributed by atoms with van der Waals surface area (Å²) < 4.78 is 40.6. The average Bonchev–Trinajstić information content (AvgIpc) is 3.15. The van der Waals surface area contributed by atoms with Gasteiger partial charge in [-0.15, -0.1) is 0 Å². The van der Waals surface area contributed by atoms with Crippen molar-refractivity contribution in [1.82, 2.24) is 9.62 Å². The first kappa shape index (κ1) is 22.4. The molecule has 1 N–H and O–H groups in total. The van der Waals surface area contributed by atoms with Crippen LogP contribution in [0.5, 0.6) is 5.75 Å². The summed E-state index contributed by atoms with van der Waals surface area (Å²) in [6.45, 7) is 1.13. The number of carbonyl (C=O) groups excluding carboxylic acids is 2. The van der Waals surface area contributed by atoms with E-state index in [9.17, 15) is 18.0 Å². The zero-order chi connectivity index (χ0) is 21.6. The van der Waals surface area contributed by atoms with Crippen LogP contribution in [0.3, 0.4) is 0 Å². The van der Waals surface area contributed by atoms with Crippen LogP contribution in [0.1, 0.15) is 30.7 Å². The lowest BCUT2D eigenvalue weighted by atomic mass is 10.0. The number of carbonyl (C=O) groups is 2. The maximum Gasteiger partial charge on any atom is 0.308 e. The normalized spacial score (nSPS) is 12.4. The standard InChI is InChI=1S/C19H24N2O7S/c1-13(22)20-17(14-5-7-15(26-4)8-6-14)11-18(23)27-12-16-9-10-19(28-16)29(24,25)21(2)3/h5-10,17H,11-12H2,1-4H3,(H,20,22). The summed E-state index contributed by atoms with van der Waals surface area (Å²) in [6.07, 6.45) is -0.102. The molecule has 1 atom stereocenters. The highest BCUT2D eigenvalue weighted by Gasteiger charge is 2.22. The van der Waals surface area contributed by atoms with E-state index < -0.39 is 22.0 Å². The van der Waals surface area contributed by atoms with E-state index in [1.165, 1.54) is 33.2 Å². The second kappa shape index (κ2) is 9.57. The lowest BCUT2D eigenvalue weighted by Crippen LogP contribution is -2.28. The highest BCUT2D eigenvalue weighted by Crippen LogP contribution is 2.22. The predicted octanol–water partition coefficient (Wildman–Crippen LogP) is 1.85. The van der Waals surface area contributed by atoms with Gasteiger partial charge in [0.2, 0.25) is 11.0 Å². The zero-order valence-electron chi connectivity index (χ0n) is 16.7. The van der Waals surface area contributed by atoms with Crippen molar-refractivity contribution in [2.24, 2.45) is 0 Å². The van der Waals surface area contributed by atoms with E-state index in [1.807, 2.05) is 0 Å². The van der Waals surface area contributed by atoms with Crippen molar-refractivity contribution < 1.29 is 31.9 Å². The Morgan fingerprint density at radius 3 is 2.34 bits per heavy atom. The first-order chi connectivity index (χ1) is 13.6. The van der Waals surface area contributed by atoms with Gasteiger partial charge in [-0.3, -0.25) is 9.59 Å². The minimum atomic E-state index is -3.70. The average molecular weight is 424 g/mol. The highest BCUT2D eigenvalue weighted by atomic mass is 32.2. The molecular formula is C19H24N2O7S. The van der Waals surface area contributed by atoms with E-state index in [1.54, 1.807) is 31.4 Å². The molecule has 158 valence electrons. The Labute approximate surface area is 169 Å². The van der Waals surface area contributed by atoms with E-state index >= 15 is 0 Å². The molecule has 0 aliphatic carbocycles. The molecule has 1 aromatic carbocycles. The SMILES string of the molecule is COc1ccc(C(CC(=O)OCc2ccc(S(=O)(=O)N(C)C)o2)NC(C)=O)cc1. The van der Waals surface area contributed by atoms with Gasteiger partial charge in [0.15, 0.2) is 0 Å². The van der Waals surface area contributed by atoms with Crippen LogP contribution >= 0.6 is 0 Å². The molecule has 1 unspecified atom stereocenters. The number of nitrogens with zero attached hydrogens (tertiary/aromatic N) is 1. The van der Waals surface area contributed by atoms with Gasteiger partial charge in [0, 0.05) is 21.0 Å². The van der Waals surface area contributed by atoms with Crippen molar-refractivity contribution in [3.05, 3.63) is 47.7 Å². The number of nitrogens with one attached hydrogen (secondary N) is 1. The van der Waals surface area contributed by atoms with E-state index in [2.05, 4.69) is 5.32 Å². The number of rotatable bonds is 9. The van der Waals surface area contributed by atoms with Crippen molar-refractivity contribution in [1.29, 1.82) is 0 Å². The fourth-order valence-corrected chi connectivity index (χ4v) is 3.28. The number of benzene rings is 1. The molecule has 0 saturated carbocycles. The van der Waals surface area contributed by atoms with Gasteiger partial charge >= 0.3 is 5.97 Å². The first-order valence-corrected chi connectivity index (χ1v) is 10.2. The fraction of sp³-hybridized carbons (Fsp3) is 0.368. The topological polar surface area (TPSA) is 115 Å². The third kappa shape index (κ3) is 6.06. The summed E-state index contributed by atoms with van der Waals surface area (Å²) >= 11 is 0. The quantitative estimate of drug-likeness (QED) is 0.611. The maximum absolute atomic E-state index is 12.3. The number of hydrogen-bond donors (Lipinski definition) is 1. The fourth-order valence-electron chi connectivity index (χ4n) is 2.47. The molecule has 1 aromatic heterocycles. The Balaban J connectivity index is 2.01. The predicted molar refractivity (Wildman–Crippen MR) is 104 cm³/mol. The summed E-state index contributed by atoms with van der Waals surface area (Å²) in [5, 5.41) is 2.48. The minimum Gasteiger partial charge on any atom is -0.497 e. The molecule has 0 aliphatic rings.